The second kappa shape index (κ2) is 4.22. The molecule has 5 nitrogen and oxygen atoms in total. The van der Waals surface area contributed by atoms with Crippen molar-refractivity contribution >= 4 is 11.6 Å². The molecule has 1 unspecified atom stereocenters. The molecule has 19 heavy (non-hydrogen) atoms. The van der Waals surface area contributed by atoms with Crippen LogP contribution in [-0.2, 0) is 11.0 Å². The highest BCUT2D eigenvalue weighted by molar-refractivity contribution is 5.77. The van der Waals surface area contributed by atoms with Crippen LogP contribution in [0.25, 0.3) is 5.65 Å². The molecule has 0 bridgehead atoms. The van der Waals surface area contributed by atoms with Gasteiger partial charge < -0.3 is 5.11 Å². The molecule has 0 aromatic carbocycles. The third-order valence-electron chi connectivity index (χ3n) is 2.96. The highest BCUT2D eigenvalue weighted by Gasteiger charge is 2.37. The fourth-order valence-corrected chi connectivity index (χ4v) is 1.89. The van der Waals surface area contributed by atoms with Gasteiger partial charge in [0, 0.05) is 6.20 Å². The van der Waals surface area contributed by atoms with Crippen molar-refractivity contribution in [3.05, 3.63) is 29.2 Å². The number of alkyl halides is 3. The van der Waals surface area contributed by atoms with Crippen LogP contribution in [0, 0.1) is 6.92 Å². The van der Waals surface area contributed by atoms with E-state index >= 15 is 0 Å². The molecule has 102 valence electrons. The van der Waals surface area contributed by atoms with Gasteiger partial charge in [-0.3, -0.25) is 9.20 Å². The van der Waals surface area contributed by atoms with Crippen LogP contribution in [0.2, 0.25) is 0 Å². The number of carboxylic acid groups (broad SMARTS) is 1. The van der Waals surface area contributed by atoms with E-state index in [9.17, 15) is 18.0 Å². The lowest BCUT2D eigenvalue weighted by molar-refractivity contribution is -0.145. The third kappa shape index (κ3) is 2.13. The van der Waals surface area contributed by atoms with Crippen LogP contribution in [0.1, 0.15) is 29.8 Å². The standard InChI is InChI=1S/C11H10F3N3O2/c1-5-7(6(2)9(18)19)3-4-17-8(5)15-16-10(17)11(12,13)14/h3-4,6H,1-2H3,(H,18,19). The SMILES string of the molecule is Cc1c(C(C)C(=O)O)ccn2c(C(F)(F)F)nnc12. The van der Waals surface area contributed by atoms with E-state index in [-0.39, 0.29) is 5.65 Å². The van der Waals surface area contributed by atoms with E-state index in [0.29, 0.717) is 11.1 Å². The van der Waals surface area contributed by atoms with Gasteiger partial charge in [0.1, 0.15) is 0 Å². The Hall–Kier alpha value is -2.12. The summed E-state index contributed by atoms with van der Waals surface area (Å²) in [5.41, 5.74) is 0.805. The van der Waals surface area contributed by atoms with Crippen molar-refractivity contribution in [3.63, 3.8) is 0 Å². The minimum absolute atomic E-state index is 0.0120. The number of aromatic nitrogens is 3. The first kappa shape index (κ1) is 13.3. The summed E-state index contributed by atoms with van der Waals surface area (Å²) in [6, 6.07) is 1.35. The zero-order valence-electron chi connectivity index (χ0n) is 10.1. The van der Waals surface area contributed by atoms with E-state index < -0.39 is 23.9 Å². The predicted molar refractivity (Wildman–Crippen MR) is 58.8 cm³/mol. The summed E-state index contributed by atoms with van der Waals surface area (Å²) in [4.78, 5) is 10.9. The number of fused-ring (bicyclic) bond motifs is 1. The molecule has 0 aliphatic carbocycles. The molecule has 1 N–H and O–H groups in total. The number of carboxylic acids is 1. The van der Waals surface area contributed by atoms with Crippen molar-refractivity contribution < 1.29 is 23.1 Å². The maximum Gasteiger partial charge on any atom is 0.452 e. The quantitative estimate of drug-likeness (QED) is 0.911. The summed E-state index contributed by atoms with van der Waals surface area (Å²) < 4.78 is 38.8. The van der Waals surface area contributed by atoms with E-state index in [1.54, 1.807) is 0 Å². The first-order chi connectivity index (χ1) is 8.73. The number of hydrogen-bond acceptors (Lipinski definition) is 3. The average molecular weight is 273 g/mol. The molecular weight excluding hydrogens is 263 g/mol. The fourth-order valence-electron chi connectivity index (χ4n) is 1.89. The number of pyridine rings is 1. The third-order valence-corrected chi connectivity index (χ3v) is 2.96. The van der Waals surface area contributed by atoms with Crippen LogP contribution in [0.3, 0.4) is 0 Å². The van der Waals surface area contributed by atoms with Gasteiger partial charge in [-0.1, -0.05) is 0 Å². The Bertz CT molecular complexity index is 648. The van der Waals surface area contributed by atoms with Crippen molar-refractivity contribution in [2.75, 3.05) is 0 Å². The van der Waals surface area contributed by atoms with Gasteiger partial charge in [0.2, 0.25) is 5.82 Å². The Labute approximate surface area is 105 Å². The Balaban J connectivity index is 2.65. The number of aliphatic carboxylic acids is 1. The van der Waals surface area contributed by atoms with Crippen LogP contribution in [0.4, 0.5) is 13.2 Å². The van der Waals surface area contributed by atoms with E-state index in [1.807, 2.05) is 0 Å². The summed E-state index contributed by atoms with van der Waals surface area (Å²) in [7, 11) is 0. The van der Waals surface area contributed by atoms with Gasteiger partial charge in [-0.25, -0.2) is 0 Å². The van der Waals surface area contributed by atoms with Gasteiger partial charge in [0.25, 0.3) is 0 Å². The van der Waals surface area contributed by atoms with E-state index in [0.717, 1.165) is 10.6 Å². The lowest BCUT2D eigenvalue weighted by Gasteiger charge is -2.11. The minimum atomic E-state index is -4.61. The van der Waals surface area contributed by atoms with Crippen molar-refractivity contribution in [3.8, 4) is 0 Å². The lowest BCUT2D eigenvalue weighted by Crippen LogP contribution is -2.13. The highest BCUT2D eigenvalue weighted by Crippen LogP contribution is 2.30. The van der Waals surface area contributed by atoms with Crippen LogP contribution < -0.4 is 0 Å². The van der Waals surface area contributed by atoms with Crippen LogP contribution in [0.15, 0.2) is 12.3 Å². The van der Waals surface area contributed by atoms with E-state index in [4.69, 9.17) is 5.11 Å². The number of hydrogen-bond donors (Lipinski definition) is 1. The monoisotopic (exact) mass is 273 g/mol. The smallest absolute Gasteiger partial charge is 0.452 e. The maximum absolute atomic E-state index is 12.7. The Morgan fingerprint density at radius 3 is 2.58 bits per heavy atom. The van der Waals surface area contributed by atoms with Crippen LogP contribution >= 0.6 is 0 Å². The van der Waals surface area contributed by atoms with Gasteiger partial charge in [0.15, 0.2) is 5.65 Å². The zero-order chi connectivity index (χ0) is 14.4. The Kier molecular flexibility index (Phi) is 2.95. The molecule has 0 radical (unpaired) electrons. The molecule has 0 amide bonds. The molecule has 0 saturated heterocycles. The van der Waals surface area contributed by atoms with Gasteiger partial charge in [-0.2, -0.15) is 13.2 Å². The van der Waals surface area contributed by atoms with Gasteiger partial charge in [-0.15, -0.1) is 10.2 Å². The van der Waals surface area contributed by atoms with Gasteiger partial charge >= 0.3 is 12.1 Å². The molecule has 2 heterocycles. The zero-order valence-corrected chi connectivity index (χ0v) is 10.1. The molecule has 2 aromatic rings. The van der Waals surface area contributed by atoms with Gasteiger partial charge in [-0.05, 0) is 31.0 Å². The highest BCUT2D eigenvalue weighted by atomic mass is 19.4. The van der Waals surface area contributed by atoms with Crippen LogP contribution in [-0.4, -0.2) is 25.7 Å². The van der Waals surface area contributed by atoms with Crippen LogP contribution in [0.5, 0.6) is 0 Å². The summed E-state index contributed by atoms with van der Waals surface area (Å²) in [5, 5.41) is 15.5. The Morgan fingerprint density at radius 2 is 2.05 bits per heavy atom. The number of halogens is 3. The summed E-state index contributed by atoms with van der Waals surface area (Å²) in [6.07, 6.45) is -3.47. The molecule has 0 fully saturated rings. The molecule has 0 saturated carbocycles. The molecule has 0 aliphatic heterocycles. The maximum atomic E-state index is 12.7. The summed E-state index contributed by atoms with van der Waals surface area (Å²) in [5.74, 6) is -3.00. The molecule has 0 aliphatic rings. The molecule has 1 atom stereocenters. The van der Waals surface area contributed by atoms with Crippen molar-refractivity contribution in [2.24, 2.45) is 0 Å². The van der Waals surface area contributed by atoms with Gasteiger partial charge in [0.05, 0.1) is 5.92 Å². The first-order valence-corrected chi connectivity index (χ1v) is 5.37. The summed E-state index contributed by atoms with van der Waals surface area (Å²) >= 11 is 0. The molecule has 2 rings (SSSR count). The van der Waals surface area contributed by atoms with Crippen molar-refractivity contribution in [2.45, 2.75) is 25.9 Å². The average Bonchev–Trinajstić information content (AvgIpc) is 2.72. The minimum Gasteiger partial charge on any atom is -0.481 e. The topological polar surface area (TPSA) is 67.5 Å². The number of aryl methyl sites for hydroxylation is 1. The second-order valence-corrected chi connectivity index (χ2v) is 4.17. The second-order valence-electron chi connectivity index (χ2n) is 4.17. The lowest BCUT2D eigenvalue weighted by atomic mass is 9.98. The normalized spacial score (nSPS) is 13.7. The molecule has 0 spiro atoms. The van der Waals surface area contributed by atoms with E-state index in [2.05, 4.69) is 10.2 Å². The largest absolute Gasteiger partial charge is 0.481 e. The van der Waals surface area contributed by atoms with Crippen molar-refractivity contribution in [1.82, 2.24) is 14.6 Å². The molecular formula is C11H10F3N3O2. The molecule has 2 aromatic heterocycles. The number of rotatable bonds is 2. The number of nitrogens with zero attached hydrogens (tertiary/aromatic N) is 3. The number of carbonyl (C=O) groups is 1. The van der Waals surface area contributed by atoms with E-state index in [1.165, 1.54) is 19.9 Å². The molecule has 8 heteroatoms. The fraction of sp³-hybridized carbons (Fsp3) is 0.364. The summed E-state index contributed by atoms with van der Waals surface area (Å²) in [6.45, 7) is 2.99. The first-order valence-electron chi connectivity index (χ1n) is 5.37. The predicted octanol–water partition coefficient (Wildman–Crippen LogP) is 2.24. The Morgan fingerprint density at radius 1 is 1.42 bits per heavy atom. The van der Waals surface area contributed by atoms with Crippen molar-refractivity contribution in [1.29, 1.82) is 0 Å².